The van der Waals surface area contributed by atoms with Crippen molar-refractivity contribution in [3.8, 4) is 0 Å². The third-order valence-corrected chi connectivity index (χ3v) is 4.89. The number of nitrogens with zero attached hydrogens (tertiary/aromatic N) is 1. The average molecular weight is 252 g/mol. The van der Waals surface area contributed by atoms with Crippen LogP contribution >= 0.6 is 0 Å². The first kappa shape index (κ1) is 12.9. The maximum absolute atomic E-state index is 5.76. The Labute approximate surface area is 111 Å². The summed E-state index contributed by atoms with van der Waals surface area (Å²) in [4.78, 5) is 2.71. The summed E-state index contributed by atoms with van der Waals surface area (Å²) in [5.74, 6) is 0. The van der Waals surface area contributed by atoms with Crippen LogP contribution in [0.5, 0.6) is 0 Å². The molecule has 18 heavy (non-hydrogen) atoms. The molecule has 0 bridgehead atoms. The number of hydrogen-bond acceptors (Lipinski definition) is 3. The zero-order valence-corrected chi connectivity index (χ0v) is 11.7. The fourth-order valence-corrected chi connectivity index (χ4v) is 3.52. The molecule has 3 aliphatic rings. The summed E-state index contributed by atoms with van der Waals surface area (Å²) in [5, 5.41) is 3.90. The second kappa shape index (κ2) is 5.89. The summed E-state index contributed by atoms with van der Waals surface area (Å²) < 4.78 is 5.76. The lowest BCUT2D eigenvalue weighted by molar-refractivity contribution is -0.00353. The van der Waals surface area contributed by atoms with E-state index in [1.807, 2.05) is 0 Å². The van der Waals surface area contributed by atoms with Crippen molar-refractivity contribution in [1.82, 2.24) is 10.2 Å². The van der Waals surface area contributed by atoms with Gasteiger partial charge in [0.05, 0.1) is 6.10 Å². The minimum absolute atomic E-state index is 0.503. The highest BCUT2D eigenvalue weighted by molar-refractivity contribution is 4.90. The molecule has 3 rings (SSSR count). The summed E-state index contributed by atoms with van der Waals surface area (Å²) in [6.07, 6.45) is 9.71. The van der Waals surface area contributed by atoms with Gasteiger partial charge in [-0.05, 0) is 58.0 Å². The van der Waals surface area contributed by atoms with Crippen molar-refractivity contribution in [2.75, 3.05) is 19.7 Å². The van der Waals surface area contributed by atoms with E-state index in [-0.39, 0.29) is 0 Å². The Morgan fingerprint density at radius 3 is 2.50 bits per heavy atom. The van der Waals surface area contributed by atoms with Gasteiger partial charge < -0.3 is 15.0 Å². The maximum Gasteiger partial charge on any atom is 0.0587 e. The van der Waals surface area contributed by atoms with Gasteiger partial charge in [-0.15, -0.1) is 0 Å². The second-order valence-electron chi connectivity index (χ2n) is 6.33. The number of piperidine rings is 1. The molecule has 3 fully saturated rings. The molecule has 1 saturated carbocycles. The molecule has 3 heteroatoms. The first-order valence-corrected chi connectivity index (χ1v) is 7.97. The van der Waals surface area contributed by atoms with Gasteiger partial charge in [-0.2, -0.15) is 0 Å². The summed E-state index contributed by atoms with van der Waals surface area (Å²) in [6.45, 7) is 5.84. The lowest BCUT2D eigenvalue weighted by atomic mass is 9.98. The Kier molecular flexibility index (Phi) is 4.22. The summed E-state index contributed by atoms with van der Waals surface area (Å²) in [5.41, 5.74) is 0. The van der Waals surface area contributed by atoms with Crippen LogP contribution < -0.4 is 5.32 Å². The van der Waals surface area contributed by atoms with Gasteiger partial charge in [0.15, 0.2) is 0 Å². The minimum Gasteiger partial charge on any atom is -0.378 e. The molecule has 1 N–H and O–H groups in total. The summed E-state index contributed by atoms with van der Waals surface area (Å²) in [7, 11) is 0. The quantitative estimate of drug-likeness (QED) is 0.830. The van der Waals surface area contributed by atoms with Crippen LogP contribution in [0.1, 0.15) is 51.9 Å². The number of nitrogens with one attached hydrogen (secondary N) is 1. The lowest BCUT2D eigenvalue weighted by Gasteiger charge is -2.37. The first-order chi connectivity index (χ1) is 8.85. The largest absolute Gasteiger partial charge is 0.378 e. The summed E-state index contributed by atoms with van der Waals surface area (Å²) >= 11 is 0. The molecule has 2 heterocycles. The molecular formula is C15H28N2O. The molecule has 0 aromatic carbocycles. The van der Waals surface area contributed by atoms with E-state index in [0.717, 1.165) is 25.1 Å². The normalized spacial score (nSPS) is 35.8. The van der Waals surface area contributed by atoms with Gasteiger partial charge in [-0.3, -0.25) is 0 Å². The van der Waals surface area contributed by atoms with E-state index in [4.69, 9.17) is 4.74 Å². The molecule has 0 amide bonds. The predicted molar refractivity (Wildman–Crippen MR) is 73.8 cm³/mol. The highest BCUT2D eigenvalue weighted by atomic mass is 16.5. The van der Waals surface area contributed by atoms with Gasteiger partial charge in [0.25, 0.3) is 0 Å². The minimum atomic E-state index is 0.503. The third-order valence-electron chi connectivity index (χ3n) is 4.89. The molecule has 2 aliphatic heterocycles. The van der Waals surface area contributed by atoms with Crippen LogP contribution in [-0.2, 0) is 4.74 Å². The standard InChI is InChI=1S/C15H28N2O/c1-2-15-11-13(7-10-18-15)16-12-5-8-17(9-6-12)14-3-4-14/h12-16H,2-11H2,1H3. The van der Waals surface area contributed by atoms with Crippen molar-refractivity contribution in [1.29, 1.82) is 0 Å². The Bertz CT molecular complexity index is 259. The lowest BCUT2D eigenvalue weighted by Crippen LogP contribution is -2.49. The van der Waals surface area contributed by atoms with Crippen LogP contribution in [0, 0.1) is 0 Å². The highest BCUT2D eigenvalue weighted by Gasteiger charge is 2.32. The van der Waals surface area contributed by atoms with Crippen LogP contribution in [-0.4, -0.2) is 48.8 Å². The average Bonchev–Trinajstić information content (AvgIpc) is 3.24. The predicted octanol–water partition coefficient (Wildman–Crippen LogP) is 2.16. The van der Waals surface area contributed by atoms with E-state index in [0.29, 0.717) is 12.1 Å². The fraction of sp³-hybridized carbons (Fsp3) is 1.00. The van der Waals surface area contributed by atoms with Gasteiger partial charge in [-0.25, -0.2) is 0 Å². The molecule has 2 unspecified atom stereocenters. The van der Waals surface area contributed by atoms with E-state index < -0.39 is 0 Å². The Morgan fingerprint density at radius 2 is 1.83 bits per heavy atom. The molecule has 0 aromatic heterocycles. The molecule has 1 aliphatic carbocycles. The van der Waals surface area contributed by atoms with E-state index >= 15 is 0 Å². The maximum atomic E-state index is 5.76. The number of hydrogen-bond donors (Lipinski definition) is 1. The number of rotatable bonds is 4. The Morgan fingerprint density at radius 1 is 1.06 bits per heavy atom. The van der Waals surface area contributed by atoms with Crippen molar-refractivity contribution in [3.63, 3.8) is 0 Å². The van der Waals surface area contributed by atoms with E-state index in [2.05, 4.69) is 17.1 Å². The molecule has 3 nitrogen and oxygen atoms in total. The summed E-state index contributed by atoms with van der Waals surface area (Å²) in [6, 6.07) is 2.43. The van der Waals surface area contributed by atoms with Crippen molar-refractivity contribution >= 4 is 0 Å². The van der Waals surface area contributed by atoms with Crippen molar-refractivity contribution in [2.45, 2.75) is 76.1 Å². The van der Waals surface area contributed by atoms with Crippen LogP contribution in [0.25, 0.3) is 0 Å². The van der Waals surface area contributed by atoms with Gasteiger partial charge in [-0.1, -0.05) is 6.92 Å². The van der Waals surface area contributed by atoms with Gasteiger partial charge in [0, 0.05) is 24.7 Å². The van der Waals surface area contributed by atoms with Crippen LogP contribution in [0.4, 0.5) is 0 Å². The molecule has 2 saturated heterocycles. The first-order valence-electron chi connectivity index (χ1n) is 7.97. The number of likely N-dealkylation sites (tertiary alicyclic amines) is 1. The Balaban J connectivity index is 1.40. The zero-order chi connectivity index (χ0) is 12.4. The molecule has 2 atom stereocenters. The van der Waals surface area contributed by atoms with Crippen molar-refractivity contribution in [3.05, 3.63) is 0 Å². The van der Waals surface area contributed by atoms with Crippen LogP contribution in [0.15, 0.2) is 0 Å². The van der Waals surface area contributed by atoms with Crippen molar-refractivity contribution < 1.29 is 4.74 Å². The Hall–Kier alpha value is -0.120. The van der Waals surface area contributed by atoms with Crippen LogP contribution in [0.2, 0.25) is 0 Å². The van der Waals surface area contributed by atoms with Gasteiger partial charge in [0.2, 0.25) is 0 Å². The fourth-order valence-electron chi connectivity index (χ4n) is 3.52. The molecule has 0 aromatic rings. The second-order valence-corrected chi connectivity index (χ2v) is 6.33. The third kappa shape index (κ3) is 3.25. The number of ether oxygens (including phenoxy) is 1. The smallest absolute Gasteiger partial charge is 0.0587 e. The van der Waals surface area contributed by atoms with E-state index in [1.54, 1.807) is 0 Å². The van der Waals surface area contributed by atoms with Gasteiger partial charge in [0.1, 0.15) is 0 Å². The van der Waals surface area contributed by atoms with Gasteiger partial charge >= 0.3 is 0 Å². The van der Waals surface area contributed by atoms with Crippen molar-refractivity contribution in [2.24, 2.45) is 0 Å². The molecule has 0 radical (unpaired) electrons. The molecule has 0 spiro atoms. The van der Waals surface area contributed by atoms with E-state index in [1.165, 1.54) is 51.6 Å². The van der Waals surface area contributed by atoms with Crippen LogP contribution in [0.3, 0.4) is 0 Å². The molecule has 104 valence electrons. The zero-order valence-electron chi connectivity index (χ0n) is 11.7. The van der Waals surface area contributed by atoms with E-state index in [9.17, 15) is 0 Å². The topological polar surface area (TPSA) is 24.5 Å². The SMILES string of the molecule is CCC1CC(NC2CCN(C3CC3)CC2)CCO1. The monoisotopic (exact) mass is 252 g/mol. The molecular weight excluding hydrogens is 224 g/mol. The highest BCUT2D eigenvalue weighted by Crippen LogP contribution is 2.29.